The smallest absolute Gasteiger partial charge is 0.275 e. The number of rotatable bonds is 4. The van der Waals surface area contributed by atoms with E-state index in [-0.39, 0.29) is 17.5 Å². The minimum absolute atomic E-state index is 0.278. The van der Waals surface area contributed by atoms with Gasteiger partial charge < -0.3 is 15.1 Å². The third-order valence-electron chi connectivity index (χ3n) is 5.02. The van der Waals surface area contributed by atoms with Crippen LogP contribution in [0.2, 0.25) is 0 Å². The summed E-state index contributed by atoms with van der Waals surface area (Å²) in [5.41, 5.74) is 2.11. The first kappa shape index (κ1) is 17.5. The molecule has 0 radical (unpaired) electrons. The zero-order chi connectivity index (χ0) is 18.6. The highest BCUT2D eigenvalue weighted by Crippen LogP contribution is 2.31. The van der Waals surface area contributed by atoms with Gasteiger partial charge in [-0.2, -0.15) is 0 Å². The van der Waals surface area contributed by atoms with Crippen LogP contribution < -0.4 is 10.2 Å². The second-order valence-corrected chi connectivity index (χ2v) is 7.03. The van der Waals surface area contributed by atoms with Gasteiger partial charge in [0.05, 0.1) is 6.20 Å². The third kappa shape index (κ3) is 4.24. The lowest BCUT2D eigenvalue weighted by atomic mass is 10.2. The summed E-state index contributed by atoms with van der Waals surface area (Å²) >= 11 is 0. The molecule has 1 aromatic carbocycles. The Balaban J connectivity index is 1.36. The highest BCUT2D eigenvalue weighted by atomic mass is 16.2. The van der Waals surface area contributed by atoms with Gasteiger partial charge in [0.15, 0.2) is 0 Å². The second-order valence-electron chi connectivity index (χ2n) is 7.03. The number of carbonyl (C=O) groups is 2. The Morgan fingerprint density at radius 3 is 2.52 bits per heavy atom. The van der Waals surface area contributed by atoms with Crippen LogP contribution in [0.25, 0.3) is 0 Å². The van der Waals surface area contributed by atoms with Gasteiger partial charge in [0, 0.05) is 55.9 Å². The molecule has 2 aromatic rings. The van der Waals surface area contributed by atoms with Gasteiger partial charge in [-0.3, -0.25) is 14.6 Å². The summed E-state index contributed by atoms with van der Waals surface area (Å²) in [4.78, 5) is 36.7. The molecule has 140 valence electrons. The molecule has 1 saturated heterocycles. The first-order valence-corrected chi connectivity index (χ1v) is 9.42. The van der Waals surface area contributed by atoms with Gasteiger partial charge >= 0.3 is 0 Å². The molecule has 4 rings (SSSR count). The molecule has 7 heteroatoms. The predicted octanol–water partition coefficient (Wildman–Crippen LogP) is 2.18. The number of benzene rings is 1. The first-order chi connectivity index (χ1) is 13.2. The van der Waals surface area contributed by atoms with Crippen molar-refractivity contribution < 1.29 is 9.59 Å². The molecule has 1 aromatic heterocycles. The van der Waals surface area contributed by atoms with Gasteiger partial charge in [0.2, 0.25) is 5.91 Å². The number of nitrogens with one attached hydrogen (secondary N) is 1. The monoisotopic (exact) mass is 365 g/mol. The number of hydrogen-bond acceptors (Lipinski definition) is 5. The van der Waals surface area contributed by atoms with Crippen LogP contribution in [0.15, 0.2) is 42.9 Å². The van der Waals surface area contributed by atoms with Gasteiger partial charge in [-0.05, 0) is 43.5 Å². The van der Waals surface area contributed by atoms with E-state index in [1.807, 2.05) is 29.2 Å². The molecule has 2 heterocycles. The first-order valence-electron chi connectivity index (χ1n) is 9.42. The Kier molecular flexibility index (Phi) is 5.00. The molecular weight excluding hydrogens is 342 g/mol. The van der Waals surface area contributed by atoms with Gasteiger partial charge in [0.25, 0.3) is 5.91 Å². The Morgan fingerprint density at radius 2 is 1.81 bits per heavy atom. The maximum absolute atomic E-state index is 12.3. The van der Waals surface area contributed by atoms with Gasteiger partial charge in [0.1, 0.15) is 5.69 Å². The van der Waals surface area contributed by atoms with Gasteiger partial charge in [-0.1, -0.05) is 0 Å². The zero-order valence-corrected chi connectivity index (χ0v) is 15.2. The lowest BCUT2D eigenvalue weighted by molar-refractivity contribution is -0.132. The lowest BCUT2D eigenvalue weighted by Gasteiger charge is -2.24. The van der Waals surface area contributed by atoms with E-state index in [0.717, 1.165) is 56.8 Å². The van der Waals surface area contributed by atoms with E-state index in [0.29, 0.717) is 5.91 Å². The lowest BCUT2D eigenvalue weighted by Crippen LogP contribution is -2.36. The molecule has 2 aliphatic rings. The number of carbonyl (C=O) groups excluding carboxylic acids is 2. The summed E-state index contributed by atoms with van der Waals surface area (Å²) in [5, 5.41) is 2.83. The number of aromatic nitrogens is 2. The van der Waals surface area contributed by atoms with E-state index in [4.69, 9.17) is 0 Å². The molecule has 0 unspecified atom stereocenters. The molecule has 0 atom stereocenters. The molecule has 2 fully saturated rings. The molecule has 0 bridgehead atoms. The molecule has 1 aliphatic heterocycles. The van der Waals surface area contributed by atoms with E-state index in [2.05, 4.69) is 20.2 Å². The minimum Gasteiger partial charge on any atom is -0.370 e. The predicted molar refractivity (Wildman–Crippen MR) is 103 cm³/mol. The van der Waals surface area contributed by atoms with Crippen LogP contribution in [0.4, 0.5) is 11.4 Å². The Hall–Kier alpha value is -2.96. The van der Waals surface area contributed by atoms with Crippen molar-refractivity contribution in [1.29, 1.82) is 0 Å². The number of hydrogen-bond donors (Lipinski definition) is 1. The van der Waals surface area contributed by atoms with Crippen LogP contribution in [-0.2, 0) is 4.79 Å². The Bertz CT molecular complexity index is 805. The molecule has 1 N–H and O–H groups in total. The van der Waals surface area contributed by atoms with E-state index in [1.165, 1.54) is 18.6 Å². The normalized spacial score (nSPS) is 17.3. The fraction of sp³-hybridized carbons (Fsp3) is 0.400. The molecule has 1 aliphatic carbocycles. The Labute approximate surface area is 158 Å². The van der Waals surface area contributed by atoms with E-state index < -0.39 is 0 Å². The topological polar surface area (TPSA) is 78.4 Å². The quantitative estimate of drug-likeness (QED) is 0.898. The molecule has 2 amide bonds. The summed E-state index contributed by atoms with van der Waals surface area (Å²) in [6.45, 7) is 3.39. The summed E-state index contributed by atoms with van der Waals surface area (Å²) in [6.07, 6.45) is 7.56. The fourth-order valence-corrected chi connectivity index (χ4v) is 3.35. The largest absolute Gasteiger partial charge is 0.370 e. The Morgan fingerprint density at radius 1 is 1.00 bits per heavy atom. The molecule has 27 heavy (non-hydrogen) atoms. The van der Waals surface area contributed by atoms with Crippen molar-refractivity contribution in [3.05, 3.63) is 48.5 Å². The van der Waals surface area contributed by atoms with Crippen LogP contribution in [0.3, 0.4) is 0 Å². The van der Waals surface area contributed by atoms with E-state index in [9.17, 15) is 9.59 Å². The maximum atomic E-state index is 12.3. The summed E-state index contributed by atoms with van der Waals surface area (Å²) in [5.74, 6) is 0.340. The average molecular weight is 365 g/mol. The number of nitrogens with zero attached hydrogens (tertiary/aromatic N) is 4. The van der Waals surface area contributed by atoms with Crippen LogP contribution in [-0.4, -0.2) is 52.9 Å². The van der Waals surface area contributed by atoms with Crippen molar-refractivity contribution in [2.24, 2.45) is 5.92 Å². The number of anilines is 2. The summed E-state index contributed by atoms with van der Waals surface area (Å²) in [6, 6.07) is 7.79. The zero-order valence-electron chi connectivity index (χ0n) is 15.2. The molecule has 1 saturated carbocycles. The SMILES string of the molecule is O=C(Nc1ccc(N2CCCN(C(=O)C3CC3)CC2)cc1)c1cnccn1. The van der Waals surface area contributed by atoms with Crippen molar-refractivity contribution in [1.82, 2.24) is 14.9 Å². The molecule has 7 nitrogen and oxygen atoms in total. The standard InChI is InChI=1S/C20H23N5O2/c26-19(18-14-21-8-9-22-18)23-16-4-6-17(7-5-16)24-10-1-11-25(13-12-24)20(27)15-2-3-15/h4-9,14-15H,1-3,10-13H2,(H,23,26). The van der Waals surface area contributed by atoms with Gasteiger partial charge in [-0.25, -0.2) is 4.98 Å². The van der Waals surface area contributed by atoms with Crippen molar-refractivity contribution in [3.8, 4) is 0 Å². The highest BCUT2D eigenvalue weighted by molar-refractivity contribution is 6.02. The van der Waals surface area contributed by atoms with Crippen molar-refractivity contribution in [3.63, 3.8) is 0 Å². The van der Waals surface area contributed by atoms with Crippen LogP contribution in [0, 0.1) is 5.92 Å². The molecular formula is C20H23N5O2. The van der Waals surface area contributed by atoms with Crippen LogP contribution in [0.5, 0.6) is 0 Å². The van der Waals surface area contributed by atoms with Crippen LogP contribution >= 0.6 is 0 Å². The second kappa shape index (κ2) is 7.73. The summed E-state index contributed by atoms with van der Waals surface area (Å²) in [7, 11) is 0. The van der Waals surface area contributed by atoms with Crippen LogP contribution in [0.1, 0.15) is 29.8 Å². The van der Waals surface area contributed by atoms with Crippen molar-refractivity contribution >= 4 is 23.2 Å². The maximum Gasteiger partial charge on any atom is 0.275 e. The average Bonchev–Trinajstić information content (AvgIpc) is 3.56. The molecule has 0 spiro atoms. The number of amides is 2. The summed E-state index contributed by atoms with van der Waals surface area (Å²) < 4.78 is 0. The minimum atomic E-state index is -0.278. The van der Waals surface area contributed by atoms with E-state index >= 15 is 0 Å². The van der Waals surface area contributed by atoms with Crippen molar-refractivity contribution in [2.45, 2.75) is 19.3 Å². The van der Waals surface area contributed by atoms with Gasteiger partial charge in [-0.15, -0.1) is 0 Å². The fourth-order valence-electron chi connectivity index (χ4n) is 3.35. The van der Waals surface area contributed by atoms with Crippen molar-refractivity contribution in [2.75, 3.05) is 36.4 Å². The highest BCUT2D eigenvalue weighted by Gasteiger charge is 2.33. The third-order valence-corrected chi connectivity index (χ3v) is 5.02. The van der Waals surface area contributed by atoms with E-state index in [1.54, 1.807) is 0 Å².